The Bertz CT molecular complexity index is 523. The third-order valence-corrected chi connectivity index (χ3v) is 5.16. The van der Waals surface area contributed by atoms with Gasteiger partial charge in [-0.2, -0.15) is 5.26 Å². The van der Waals surface area contributed by atoms with Crippen molar-refractivity contribution in [2.45, 2.75) is 38.1 Å². The zero-order chi connectivity index (χ0) is 14.7. The van der Waals surface area contributed by atoms with Gasteiger partial charge in [-0.1, -0.05) is 30.9 Å². The number of nitrogens with zero attached hydrogens (tertiary/aromatic N) is 3. The average Bonchev–Trinajstić information content (AvgIpc) is 2.56. The second kappa shape index (κ2) is 6.68. The quantitative estimate of drug-likeness (QED) is 0.835. The van der Waals surface area contributed by atoms with E-state index < -0.39 is 0 Å². The lowest BCUT2D eigenvalue weighted by molar-refractivity contribution is 0.148. The van der Waals surface area contributed by atoms with Crippen molar-refractivity contribution in [3.63, 3.8) is 0 Å². The lowest BCUT2D eigenvalue weighted by atomic mass is 9.94. The van der Waals surface area contributed by atoms with Crippen LogP contribution in [0.3, 0.4) is 0 Å². The van der Waals surface area contributed by atoms with E-state index in [0.29, 0.717) is 10.6 Å². The average molecular weight is 304 g/mol. The summed E-state index contributed by atoms with van der Waals surface area (Å²) in [4.78, 5) is 5.05. The molecule has 0 atom stereocenters. The number of anilines is 1. The molecule has 0 aromatic heterocycles. The van der Waals surface area contributed by atoms with Crippen LogP contribution in [0.5, 0.6) is 0 Å². The highest BCUT2D eigenvalue weighted by Gasteiger charge is 2.25. The zero-order valence-electron chi connectivity index (χ0n) is 12.4. The first kappa shape index (κ1) is 14.7. The molecule has 1 aromatic rings. The van der Waals surface area contributed by atoms with Crippen LogP contribution in [0.4, 0.5) is 5.69 Å². The number of nitriles is 1. The highest BCUT2D eigenvalue weighted by Crippen LogP contribution is 2.27. The van der Waals surface area contributed by atoms with Gasteiger partial charge in [-0.05, 0) is 31.0 Å². The molecule has 0 N–H and O–H groups in total. The number of benzene rings is 1. The van der Waals surface area contributed by atoms with E-state index in [9.17, 15) is 0 Å². The molecular weight excluding hydrogens is 282 g/mol. The summed E-state index contributed by atoms with van der Waals surface area (Å²) in [7, 11) is 0. The Morgan fingerprint density at radius 1 is 1.05 bits per heavy atom. The van der Waals surface area contributed by atoms with Gasteiger partial charge >= 0.3 is 0 Å². The Morgan fingerprint density at radius 3 is 2.38 bits per heavy atom. The van der Waals surface area contributed by atoms with Crippen LogP contribution in [0.2, 0.25) is 5.02 Å². The Hall–Kier alpha value is -1.24. The fourth-order valence-corrected chi connectivity index (χ4v) is 3.80. The van der Waals surface area contributed by atoms with Crippen LogP contribution >= 0.6 is 11.6 Å². The number of hydrogen-bond donors (Lipinski definition) is 0. The second-order valence-electron chi connectivity index (χ2n) is 6.09. The van der Waals surface area contributed by atoms with Gasteiger partial charge in [0.05, 0.1) is 10.6 Å². The smallest absolute Gasteiger partial charge is 0.101 e. The molecule has 2 fully saturated rings. The van der Waals surface area contributed by atoms with Crippen molar-refractivity contribution in [1.29, 1.82) is 5.26 Å². The van der Waals surface area contributed by atoms with E-state index in [4.69, 9.17) is 16.9 Å². The van der Waals surface area contributed by atoms with Crippen LogP contribution in [-0.2, 0) is 0 Å². The fraction of sp³-hybridized carbons (Fsp3) is 0.588. The van der Waals surface area contributed by atoms with Gasteiger partial charge in [0, 0.05) is 37.9 Å². The minimum atomic E-state index is 0.557. The molecule has 4 heteroatoms. The van der Waals surface area contributed by atoms with Crippen molar-refractivity contribution in [1.82, 2.24) is 4.90 Å². The SMILES string of the molecule is N#Cc1ccc(N2CCN(C3CCCCC3)CC2)cc1Cl. The van der Waals surface area contributed by atoms with Gasteiger partial charge in [0.2, 0.25) is 0 Å². The number of hydrogen-bond acceptors (Lipinski definition) is 3. The van der Waals surface area contributed by atoms with Gasteiger partial charge in [0.25, 0.3) is 0 Å². The van der Waals surface area contributed by atoms with Crippen LogP contribution in [-0.4, -0.2) is 37.1 Å². The van der Waals surface area contributed by atoms with Crippen LogP contribution in [0, 0.1) is 11.3 Å². The third kappa shape index (κ3) is 3.33. The molecule has 1 saturated heterocycles. The summed E-state index contributed by atoms with van der Waals surface area (Å²) in [6, 6.07) is 8.69. The Morgan fingerprint density at radius 2 is 1.76 bits per heavy atom. The molecule has 1 saturated carbocycles. The maximum Gasteiger partial charge on any atom is 0.101 e. The predicted molar refractivity (Wildman–Crippen MR) is 86.8 cm³/mol. The molecule has 0 radical (unpaired) electrons. The van der Waals surface area contributed by atoms with E-state index >= 15 is 0 Å². The van der Waals surface area contributed by atoms with Gasteiger partial charge < -0.3 is 4.90 Å². The summed E-state index contributed by atoms with van der Waals surface area (Å²) < 4.78 is 0. The van der Waals surface area contributed by atoms with Crippen molar-refractivity contribution < 1.29 is 0 Å². The summed E-state index contributed by atoms with van der Waals surface area (Å²) in [5, 5.41) is 9.50. The molecule has 1 heterocycles. The first-order chi connectivity index (χ1) is 10.3. The molecule has 0 spiro atoms. The van der Waals surface area contributed by atoms with Crippen molar-refractivity contribution in [3.05, 3.63) is 28.8 Å². The zero-order valence-corrected chi connectivity index (χ0v) is 13.1. The predicted octanol–water partition coefficient (Wildman–Crippen LogP) is 3.67. The van der Waals surface area contributed by atoms with Gasteiger partial charge in [-0.3, -0.25) is 4.90 Å². The van der Waals surface area contributed by atoms with Crippen LogP contribution in [0.1, 0.15) is 37.7 Å². The highest BCUT2D eigenvalue weighted by atomic mass is 35.5. The van der Waals surface area contributed by atoms with E-state index in [1.807, 2.05) is 18.2 Å². The standard InChI is InChI=1S/C17H22ClN3/c18-17-12-16(7-6-14(17)13-19)21-10-8-20(9-11-21)15-4-2-1-3-5-15/h6-7,12,15H,1-5,8-11H2. The summed E-state index contributed by atoms with van der Waals surface area (Å²) in [5.74, 6) is 0. The lowest BCUT2D eigenvalue weighted by Crippen LogP contribution is -2.50. The largest absolute Gasteiger partial charge is 0.369 e. The molecule has 0 bridgehead atoms. The third-order valence-electron chi connectivity index (χ3n) is 4.84. The first-order valence-corrected chi connectivity index (χ1v) is 8.34. The van der Waals surface area contributed by atoms with E-state index in [-0.39, 0.29) is 0 Å². The molecule has 1 aromatic carbocycles. The Labute approximate surface area is 132 Å². The topological polar surface area (TPSA) is 30.3 Å². The van der Waals surface area contributed by atoms with Crippen molar-refractivity contribution in [2.75, 3.05) is 31.1 Å². The first-order valence-electron chi connectivity index (χ1n) is 7.96. The summed E-state index contributed by atoms with van der Waals surface area (Å²) in [6.07, 6.45) is 6.97. The molecule has 2 aliphatic rings. The summed E-state index contributed by atoms with van der Waals surface area (Å²) >= 11 is 6.14. The molecule has 21 heavy (non-hydrogen) atoms. The molecule has 1 aliphatic heterocycles. The molecule has 112 valence electrons. The minimum absolute atomic E-state index is 0.557. The van der Waals surface area contributed by atoms with E-state index in [0.717, 1.165) is 37.9 Å². The molecule has 3 rings (SSSR count). The fourth-order valence-electron chi connectivity index (χ4n) is 3.58. The minimum Gasteiger partial charge on any atom is -0.369 e. The van der Waals surface area contributed by atoms with Crippen LogP contribution in [0.25, 0.3) is 0 Å². The number of rotatable bonds is 2. The van der Waals surface area contributed by atoms with Gasteiger partial charge in [-0.15, -0.1) is 0 Å². The summed E-state index contributed by atoms with van der Waals surface area (Å²) in [6.45, 7) is 4.39. The monoisotopic (exact) mass is 303 g/mol. The molecule has 0 unspecified atom stereocenters. The molecular formula is C17H22ClN3. The van der Waals surface area contributed by atoms with Crippen LogP contribution in [0.15, 0.2) is 18.2 Å². The Balaban J connectivity index is 1.60. The van der Waals surface area contributed by atoms with Crippen molar-refractivity contribution in [2.24, 2.45) is 0 Å². The van der Waals surface area contributed by atoms with E-state index in [2.05, 4.69) is 15.9 Å². The molecule has 3 nitrogen and oxygen atoms in total. The van der Waals surface area contributed by atoms with Crippen LogP contribution < -0.4 is 4.90 Å². The van der Waals surface area contributed by atoms with E-state index in [1.54, 1.807) is 0 Å². The number of halogens is 1. The second-order valence-corrected chi connectivity index (χ2v) is 6.50. The van der Waals surface area contributed by atoms with Crippen molar-refractivity contribution >= 4 is 17.3 Å². The number of piperazine rings is 1. The maximum atomic E-state index is 8.94. The van der Waals surface area contributed by atoms with E-state index in [1.165, 1.54) is 32.1 Å². The Kier molecular flexibility index (Phi) is 4.67. The maximum absolute atomic E-state index is 8.94. The summed E-state index contributed by atoms with van der Waals surface area (Å²) in [5.41, 5.74) is 1.70. The van der Waals surface area contributed by atoms with Gasteiger partial charge in [-0.25, -0.2) is 0 Å². The highest BCUT2D eigenvalue weighted by molar-refractivity contribution is 6.32. The van der Waals surface area contributed by atoms with Gasteiger partial charge in [0.15, 0.2) is 0 Å². The molecule has 0 amide bonds. The van der Waals surface area contributed by atoms with Gasteiger partial charge in [0.1, 0.15) is 6.07 Å². The van der Waals surface area contributed by atoms with Crippen molar-refractivity contribution in [3.8, 4) is 6.07 Å². The lowest BCUT2D eigenvalue weighted by Gasteiger charge is -2.41. The molecule has 1 aliphatic carbocycles. The normalized spacial score (nSPS) is 21.2.